The van der Waals surface area contributed by atoms with Crippen LogP contribution in [-0.4, -0.2) is 16.4 Å². The summed E-state index contributed by atoms with van der Waals surface area (Å²) in [6.07, 6.45) is 0.0718. The highest BCUT2D eigenvalue weighted by Gasteiger charge is 2.33. The molecule has 1 N–H and O–H groups in total. The minimum absolute atomic E-state index is 0.0232. The zero-order chi connectivity index (χ0) is 16.9. The van der Waals surface area contributed by atoms with Crippen LogP contribution in [0.5, 0.6) is 0 Å². The first-order valence-electron chi connectivity index (χ1n) is 7.18. The monoisotopic (exact) mass is 324 g/mol. The van der Waals surface area contributed by atoms with Gasteiger partial charge in [-0.15, -0.1) is 0 Å². The third-order valence-corrected chi connectivity index (χ3v) is 3.92. The molecule has 8 heteroatoms. The number of fused-ring (bicyclic) bond motifs is 1. The summed E-state index contributed by atoms with van der Waals surface area (Å²) in [6, 6.07) is -0.393. The van der Waals surface area contributed by atoms with Crippen molar-refractivity contribution in [3.05, 3.63) is 33.8 Å². The summed E-state index contributed by atoms with van der Waals surface area (Å²) in [7, 11) is 0. The first-order chi connectivity index (χ1) is 10.8. The number of piperidine rings is 1. The van der Waals surface area contributed by atoms with Gasteiger partial charge in [-0.3, -0.25) is 19.5 Å². The zero-order valence-corrected chi connectivity index (χ0v) is 12.5. The number of hydrogen-bond acceptors (Lipinski definition) is 4. The van der Waals surface area contributed by atoms with Gasteiger partial charge in [0.15, 0.2) is 11.4 Å². The minimum atomic E-state index is -1.07. The van der Waals surface area contributed by atoms with Crippen molar-refractivity contribution in [2.45, 2.75) is 38.6 Å². The first-order valence-corrected chi connectivity index (χ1v) is 7.18. The molecule has 1 unspecified atom stereocenters. The van der Waals surface area contributed by atoms with E-state index >= 15 is 0 Å². The molecular formula is C15H14F2N2O4. The van der Waals surface area contributed by atoms with Crippen molar-refractivity contribution in [2.24, 2.45) is 0 Å². The van der Waals surface area contributed by atoms with Crippen LogP contribution in [-0.2, 0) is 9.59 Å². The molecule has 1 aromatic heterocycles. The van der Waals surface area contributed by atoms with Crippen molar-refractivity contribution >= 4 is 22.9 Å². The maximum Gasteiger partial charge on any atom is 0.420 e. The zero-order valence-electron chi connectivity index (χ0n) is 12.5. The van der Waals surface area contributed by atoms with E-state index in [4.69, 9.17) is 4.42 Å². The fraction of sp³-hybridized carbons (Fsp3) is 0.400. The van der Waals surface area contributed by atoms with Crippen LogP contribution in [0.1, 0.15) is 44.2 Å². The van der Waals surface area contributed by atoms with Gasteiger partial charge in [-0.1, -0.05) is 13.8 Å². The van der Waals surface area contributed by atoms with Crippen molar-refractivity contribution in [3.63, 3.8) is 0 Å². The smallest absolute Gasteiger partial charge is 0.407 e. The molecule has 0 radical (unpaired) electrons. The van der Waals surface area contributed by atoms with Gasteiger partial charge in [0, 0.05) is 18.1 Å². The molecular weight excluding hydrogens is 310 g/mol. The molecule has 1 aliphatic rings. The van der Waals surface area contributed by atoms with Gasteiger partial charge in [0.1, 0.15) is 17.4 Å². The molecule has 6 nitrogen and oxygen atoms in total. The Balaban J connectivity index is 2.29. The number of halogens is 2. The second-order valence-corrected chi connectivity index (χ2v) is 5.79. The molecule has 0 saturated carbocycles. The van der Waals surface area contributed by atoms with Gasteiger partial charge < -0.3 is 4.42 Å². The second kappa shape index (κ2) is 5.29. The van der Waals surface area contributed by atoms with E-state index in [1.165, 1.54) is 0 Å². The molecule has 0 aliphatic carbocycles. The number of carbonyl (C=O) groups is 2. The molecule has 1 fully saturated rings. The summed E-state index contributed by atoms with van der Waals surface area (Å²) < 4.78 is 34.2. The number of carbonyl (C=O) groups excluding carboxylic acids is 2. The molecule has 1 aliphatic heterocycles. The Kier molecular flexibility index (Phi) is 3.54. The van der Waals surface area contributed by atoms with Crippen LogP contribution in [0.2, 0.25) is 0 Å². The van der Waals surface area contributed by atoms with E-state index in [1.54, 1.807) is 13.8 Å². The van der Waals surface area contributed by atoms with Gasteiger partial charge >= 0.3 is 5.76 Å². The lowest BCUT2D eigenvalue weighted by Crippen LogP contribution is -2.43. The summed E-state index contributed by atoms with van der Waals surface area (Å²) in [5.41, 5.74) is -0.383. The van der Waals surface area contributed by atoms with Crippen LogP contribution >= 0.6 is 0 Å². The van der Waals surface area contributed by atoms with E-state index in [1.807, 2.05) is 0 Å². The molecule has 2 aromatic rings. The third-order valence-electron chi connectivity index (χ3n) is 3.92. The number of amides is 2. The Morgan fingerprint density at radius 3 is 2.57 bits per heavy atom. The molecule has 23 heavy (non-hydrogen) atoms. The van der Waals surface area contributed by atoms with Crippen molar-refractivity contribution < 1.29 is 22.8 Å². The lowest BCUT2D eigenvalue weighted by Gasteiger charge is -2.21. The average Bonchev–Trinajstić information content (AvgIpc) is 2.75. The van der Waals surface area contributed by atoms with E-state index in [2.05, 4.69) is 5.32 Å². The maximum absolute atomic E-state index is 14.3. The highest BCUT2D eigenvalue weighted by molar-refractivity contribution is 6.00. The minimum Gasteiger partial charge on any atom is -0.407 e. The number of imide groups is 1. The molecule has 2 amide bonds. The van der Waals surface area contributed by atoms with E-state index in [-0.39, 0.29) is 35.4 Å². The van der Waals surface area contributed by atoms with Gasteiger partial charge in [-0.25, -0.2) is 13.6 Å². The van der Waals surface area contributed by atoms with Gasteiger partial charge in [0.2, 0.25) is 11.8 Å². The lowest BCUT2D eigenvalue weighted by atomic mass is 10.0. The van der Waals surface area contributed by atoms with E-state index < -0.39 is 35.2 Å². The highest BCUT2D eigenvalue weighted by atomic mass is 19.1. The lowest BCUT2D eigenvalue weighted by molar-refractivity contribution is -0.135. The molecule has 1 saturated heterocycles. The Morgan fingerprint density at radius 2 is 1.96 bits per heavy atom. The normalized spacial score (nSPS) is 18.7. The summed E-state index contributed by atoms with van der Waals surface area (Å²) in [4.78, 5) is 35.3. The predicted molar refractivity (Wildman–Crippen MR) is 75.9 cm³/mol. The third kappa shape index (κ3) is 2.34. The Bertz CT molecular complexity index is 882. The maximum atomic E-state index is 14.3. The van der Waals surface area contributed by atoms with Crippen molar-refractivity contribution in [1.82, 2.24) is 9.88 Å². The number of rotatable bonds is 2. The van der Waals surface area contributed by atoms with Gasteiger partial charge in [0.25, 0.3) is 0 Å². The van der Waals surface area contributed by atoms with E-state index in [0.717, 1.165) is 4.57 Å². The molecule has 1 atom stereocenters. The van der Waals surface area contributed by atoms with Gasteiger partial charge in [0.05, 0.1) is 0 Å². The second-order valence-electron chi connectivity index (χ2n) is 5.79. The fourth-order valence-electron chi connectivity index (χ4n) is 2.91. The molecule has 0 spiro atoms. The fourth-order valence-corrected chi connectivity index (χ4v) is 2.91. The number of benzene rings is 1. The van der Waals surface area contributed by atoms with Crippen molar-refractivity contribution in [2.75, 3.05) is 0 Å². The molecule has 2 heterocycles. The summed E-state index contributed by atoms with van der Waals surface area (Å²) in [5.74, 6) is -4.27. The van der Waals surface area contributed by atoms with Crippen LogP contribution < -0.4 is 11.1 Å². The average molecular weight is 324 g/mol. The van der Waals surface area contributed by atoms with Crippen LogP contribution in [0, 0.1) is 11.6 Å². The number of aromatic nitrogens is 1. The quantitative estimate of drug-likeness (QED) is 0.857. The van der Waals surface area contributed by atoms with E-state index in [0.29, 0.717) is 6.07 Å². The Labute approximate surface area is 129 Å². The van der Waals surface area contributed by atoms with Gasteiger partial charge in [-0.2, -0.15) is 0 Å². The van der Waals surface area contributed by atoms with Gasteiger partial charge in [-0.05, 0) is 12.3 Å². The molecule has 1 aromatic carbocycles. The van der Waals surface area contributed by atoms with Crippen LogP contribution in [0.15, 0.2) is 15.3 Å². The largest absolute Gasteiger partial charge is 0.420 e. The van der Waals surface area contributed by atoms with Crippen molar-refractivity contribution in [1.29, 1.82) is 0 Å². The number of hydrogen-bond donors (Lipinski definition) is 1. The topological polar surface area (TPSA) is 81.3 Å². The predicted octanol–water partition coefficient (Wildman–Crippen LogP) is 1.97. The number of oxazole rings is 1. The van der Waals surface area contributed by atoms with Crippen LogP contribution in [0.4, 0.5) is 8.78 Å². The van der Waals surface area contributed by atoms with Crippen molar-refractivity contribution in [3.8, 4) is 0 Å². The number of nitrogens with one attached hydrogen (secondary N) is 1. The molecule has 0 bridgehead atoms. The van der Waals surface area contributed by atoms with Crippen LogP contribution in [0.25, 0.3) is 11.1 Å². The van der Waals surface area contributed by atoms with Crippen LogP contribution in [0.3, 0.4) is 0 Å². The summed E-state index contributed by atoms with van der Waals surface area (Å²) in [6.45, 7) is 3.36. The molecule has 3 rings (SSSR count). The Morgan fingerprint density at radius 1 is 1.26 bits per heavy atom. The Hall–Kier alpha value is -2.51. The highest BCUT2D eigenvalue weighted by Crippen LogP contribution is 2.32. The standard InChI is InChI=1S/C15H14F2N2O4/c1-6(2)11-7(16)5-8(17)12-13(11)23-15(22)19(12)9-3-4-10(20)18-14(9)21/h5-6,9H,3-4H2,1-2H3,(H,18,20,21). The van der Waals surface area contributed by atoms with E-state index in [9.17, 15) is 23.2 Å². The number of nitrogens with zero attached hydrogens (tertiary/aromatic N) is 1. The first kappa shape index (κ1) is 15.4. The summed E-state index contributed by atoms with van der Waals surface area (Å²) in [5, 5.41) is 2.10. The molecule has 122 valence electrons. The SMILES string of the molecule is CC(C)c1c(F)cc(F)c2c1oc(=O)n2C1CCC(=O)NC1=O. The summed E-state index contributed by atoms with van der Waals surface area (Å²) >= 11 is 0.